The van der Waals surface area contributed by atoms with Gasteiger partial charge in [0.25, 0.3) is 0 Å². The maximum absolute atomic E-state index is 11.2. The van der Waals surface area contributed by atoms with Gasteiger partial charge in [-0.3, -0.25) is 10.2 Å². The van der Waals surface area contributed by atoms with Gasteiger partial charge in [-0.15, -0.1) is 0 Å². The summed E-state index contributed by atoms with van der Waals surface area (Å²) in [6.07, 6.45) is 0.329. The zero-order valence-electron chi connectivity index (χ0n) is 9.14. The van der Waals surface area contributed by atoms with Crippen LogP contribution in [0.3, 0.4) is 0 Å². The molecule has 6 heteroatoms. The van der Waals surface area contributed by atoms with Crippen molar-refractivity contribution in [2.75, 3.05) is 12.0 Å². The van der Waals surface area contributed by atoms with Crippen LogP contribution in [-0.4, -0.2) is 24.6 Å². The van der Waals surface area contributed by atoms with Crippen molar-refractivity contribution in [3.05, 3.63) is 29.3 Å². The third kappa shape index (κ3) is 4.24. The second-order valence-electron chi connectivity index (χ2n) is 2.96. The molecule has 90 valence electrons. The number of nitrogens with zero attached hydrogens (tertiary/aromatic N) is 1. The maximum Gasteiger partial charge on any atom is 0.362 e. The molecular formula is C11H11ClN2O3. The zero-order valence-corrected chi connectivity index (χ0v) is 9.90. The van der Waals surface area contributed by atoms with Crippen LogP contribution in [-0.2, 0) is 14.3 Å². The number of benzene rings is 1. The number of nitrogens with one attached hydrogen (secondary N) is 1. The molecule has 0 aromatic heterocycles. The molecule has 1 aromatic carbocycles. The van der Waals surface area contributed by atoms with E-state index in [1.807, 2.05) is 0 Å². The van der Waals surface area contributed by atoms with Crippen LogP contribution in [0.15, 0.2) is 29.4 Å². The van der Waals surface area contributed by atoms with Gasteiger partial charge in [0.05, 0.1) is 12.3 Å². The molecule has 17 heavy (non-hydrogen) atoms. The Morgan fingerprint density at radius 2 is 2.35 bits per heavy atom. The highest BCUT2D eigenvalue weighted by Crippen LogP contribution is 2.14. The molecule has 0 bridgehead atoms. The number of carbonyl (C=O) groups excluding carboxylic acids is 2. The molecule has 0 aliphatic rings. The minimum Gasteiger partial charge on any atom is -0.461 e. The number of ether oxygens (including phenoxy) is 1. The maximum atomic E-state index is 11.2. The van der Waals surface area contributed by atoms with Crippen molar-refractivity contribution >= 4 is 35.3 Å². The van der Waals surface area contributed by atoms with Crippen molar-refractivity contribution in [3.8, 4) is 0 Å². The van der Waals surface area contributed by atoms with E-state index in [0.717, 1.165) is 0 Å². The summed E-state index contributed by atoms with van der Waals surface area (Å²) < 4.78 is 4.64. The van der Waals surface area contributed by atoms with Gasteiger partial charge in [-0.25, -0.2) is 4.79 Å². The van der Waals surface area contributed by atoms with Crippen LogP contribution in [0.5, 0.6) is 0 Å². The summed E-state index contributed by atoms with van der Waals surface area (Å²) >= 11 is 5.76. The third-order valence-corrected chi connectivity index (χ3v) is 1.96. The largest absolute Gasteiger partial charge is 0.461 e. The first-order chi connectivity index (χ1) is 8.17. The molecule has 0 aliphatic carbocycles. The smallest absolute Gasteiger partial charge is 0.362 e. The van der Waals surface area contributed by atoms with Gasteiger partial charge in [-0.1, -0.05) is 17.7 Å². The van der Waals surface area contributed by atoms with Gasteiger partial charge in [0.1, 0.15) is 0 Å². The molecule has 0 heterocycles. The van der Waals surface area contributed by atoms with Gasteiger partial charge in [0, 0.05) is 5.02 Å². The highest BCUT2D eigenvalue weighted by Gasteiger charge is 2.11. The Kier molecular flexibility index (Phi) is 5.16. The minimum absolute atomic E-state index is 0.183. The van der Waals surface area contributed by atoms with Crippen molar-refractivity contribution in [2.45, 2.75) is 6.92 Å². The predicted molar refractivity (Wildman–Crippen MR) is 65.2 cm³/mol. The Bertz CT molecular complexity index is 446. The van der Waals surface area contributed by atoms with Gasteiger partial charge in [-0.2, -0.15) is 5.10 Å². The molecule has 0 radical (unpaired) electrons. The van der Waals surface area contributed by atoms with Crippen molar-refractivity contribution in [1.82, 2.24) is 0 Å². The van der Waals surface area contributed by atoms with Crippen molar-refractivity contribution < 1.29 is 14.3 Å². The molecule has 0 atom stereocenters. The Labute approximate surface area is 103 Å². The first-order valence-corrected chi connectivity index (χ1v) is 5.26. The van der Waals surface area contributed by atoms with Crippen LogP contribution in [0.2, 0.25) is 5.02 Å². The van der Waals surface area contributed by atoms with E-state index in [2.05, 4.69) is 15.3 Å². The van der Waals surface area contributed by atoms with Crippen LogP contribution < -0.4 is 5.43 Å². The molecule has 0 spiro atoms. The monoisotopic (exact) mass is 254 g/mol. The van der Waals surface area contributed by atoms with E-state index < -0.39 is 5.97 Å². The van der Waals surface area contributed by atoms with Crippen LogP contribution in [0.4, 0.5) is 5.69 Å². The minimum atomic E-state index is -0.767. The summed E-state index contributed by atoms with van der Waals surface area (Å²) in [4.78, 5) is 21.8. The molecule has 0 saturated carbocycles. The Morgan fingerprint density at radius 1 is 1.59 bits per heavy atom. The fourth-order valence-corrected chi connectivity index (χ4v) is 1.20. The summed E-state index contributed by atoms with van der Waals surface area (Å²) in [5, 5.41) is 4.16. The first-order valence-electron chi connectivity index (χ1n) is 4.89. The Hall–Kier alpha value is -1.88. The molecule has 1 N–H and O–H groups in total. The zero-order chi connectivity index (χ0) is 12.7. The van der Waals surface area contributed by atoms with E-state index in [9.17, 15) is 9.59 Å². The number of hydrogen-bond donors (Lipinski definition) is 1. The summed E-state index contributed by atoms with van der Waals surface area (Å²) in [6, 6.07) is 6.72. The molecule has 0 unspecified atom stereocenters. The number of anilines is 1. The number of aldehydes is 1. The van der Waals surface area contributed by atoms with E-state index >= 15 is 0 Å². The third-order valence-electron chi connectivity index (χ3n) is 1.73. The van der Waals surface area contributed by atoms with E-state index in [4.69, 9.17) is 11.6 Å². The van der Waals surface area contributed by atoms with E-state index in [1.165, 1.54) is 0 Å². The molecule has 1 aromatic rings. The number of hydrazone groups is 1. The van der Waals surface area contributed by atoms with Gasteiger partial charge in [0.15, 0.2) is 6.29 Å². The standard InChI is InChI=1S/C11H11ClN2O3/c1-2-17-11(16)10(7-15)14-13-9-5-3-4-8(12)6-9/h3-7,13H,2H2,1H3/b14-10-. The topological polar surface area (TPSA) is 67.8 Å². The molecule has 5 nitrogen and oxygen atoms in total. The van der Waals surface area contributed by atoms with Gasteiger partial charge in [0.2, 0.25) is 5.71 Å². The molecular weight excluding hydrogens is 244 g/mol. The van der Waals surface area contributed by atoms with Crippen LogP contribution >= 0.6 is 11.6 Å². The summed E-state index contributed by atoms with van der Waals surface area (Å²) in [5.41, 5.74) is 2.79. The molecule has 1 rings (SSSR count). The first kappa shape index (κ1) is 13.2. The number of rotatable bonds is 5. The van der Waals surface area contributed by atoms with Gasteiger partial charge in [-0.05, 0) is 25.1 Å². The quantitative estimate of drug-likeness (QED) is 0.286. The lowest BCUT2D eigenvalue weighted by molar-refractivity contribution is -0.135. The second kappa shape index (κ2) is 6.65. The number of carbonyl (C=O) groups is 2. The molecule has 0 amide bonds. The fraction of sp³-hybridized carbons (Fsp3) is 0.182. The lowest BCUT2D eigenvalue weighted by Crippen LogP contribution is -2.20. The molecule has 0 fully saturated rings. The fourth-order valence-electron chi connectivity index (χ4n) is 1.01. The van der Waals surface area contributed by atoms with Crippen LogP contribution in [0.1, 0.15) is 6.92 Å². The van der Waals surface area contributed by atoms with E-state index in [1.54, 1.807) is 31.2 Å². The van der Waals surface area contributed by atoms with E-state index in [-0.39, 0.29) is 12.3 Å². The Morgan fingerprint density at radius 3 is 2.94 bits per heavy atom. The second-order valence-corrected chi connectivity index (χ2v) is 3.39. The van der Waals surface area contributed by atoms with Gasteiger partial charge < -0.3 is 4.74 Å². The highest BCUT2D eigenvalue weighted by molar-refractivity contribution is 6.58. The van der Waals surface area contributed by atoms with Gasteiger partial charge >= 0.3 is 5.97 Å². The van der Waals surface area contributed by atoms with Crippen molar-refractivity contribution in [3.63, 3.8) is 0 Å². The number of hydrogen-bond acceptors (Lipinski definition) is 5. The molecule has 0 aliphatic heterocycles. The normalized spacial score (nSPS) is 10.8. The SMILES string of the molecule is CCOC(=O)/C(C=O)=N\Nc1cccc(Cl)c1. The van der Waals surface area contributed by atoms with Crippen molar-refractivity contribution in [1.29, 1.82) is 0 Å². The summed E-state index contributed by atoms with van der Waals surface area (Å²) in [5.74, 6) is -0.767. The van der Waals surface area contributed by atoms with Crippen molar-refractivity contribution in [2.24, 2.45) is 5.10 Å². The number of halogens is 1. The summed E-state index contributed by atoms with van der Waals surface area (Å²) in [7, 11) is 0. The average Bonchev–Trinajstić information content (AvgIpc) is 2.30. The lowest BCUT2D eigenvalue weighted by Gasteiger charge is -2.02. The average molecular weight is 255 g/mol. The van der Waals surface area contributed by atoms with Crippen LogP contribution in [0, 0.1) is 0 Å². The lowest BCUT2D eigenvalue weighted by atomic mass is 10.3. The summed E-state index contributed by atoms with van der Waals surface area (Å²) in [6.45, 7) is 1.83. The van der Waals surface area contributed by atoms with E-state index in [0.29, 0.717) is 17.0 Å². The molecule has 0 saturated heterocycles. The highest BCUT2D eigenvalue weighted by atomic mass is 35.5. The van der Waals surface area contributed by atoms with Crippen LogP contribution in [0.25, 0.3) is 0 Å². The predicted octanol–water partition coefficient (Wildman–Crippen LogP) is 1.87. The Balaban J connectivity index is 2.74. The number of esters is 1.